The first-order valence-electron chi connectivity index (χ1n) is 8.06. The molecule has 3 rings (SSSR count). The quantitative estimate of drug-likeness (QED) is 0.862. The second-order valence-corrected chi connectivity index (χ2v) is 6.14. The molecule has 0 radical (unpaired) electrons. The second-order valence-electron chi connectivity index (χ2n) is 5.73. The Morgan fingerprint density at radius 1 is 1.29 bits per heavy atom. The van der Waals surface area contributed by atoms with E-state index in [0.717, 1.165) is 38.4 Å². The van der Waals surface area contributed by atoms with Crippen LogP contribution in [0.4, 0.5) is 0 Å². The van der Waals surface area contributed by atoms with Crippen molar-refractivity contribution in [3.05, 3.63) is 52.8 Å². The summed E-state index contributed by atoms with van der Waals surface area (Å²) in [6.45, 7) is 5.38. The molecule has 1 N–H and O–H groups in total. The smallest absolute Gasteiger partial charge is 0.254 e. The zero-order chi connectivity index (χ0) is 16.8. The van der Waals surface area contributed by atoms with E-state index < -0.39 is 0 Å². The third-order valence-electron chi connectivity index (χ3n) is 4.00. The maximum atomic E-state index is 12.2. The summed E-state index contributed by atoms with van der Waals surface area (Å²) in [6, 6.07) is 7.62. The lowest BCUT2D eigenvalue weighted by atomic mass is 10.2. The van der Waals surface area contributed by atoms with Gasteiger partial charge in [-0.1, -0.05) is 29.8 Å². The van der Waals surface area contributed by atoms with Crippen molar-refractivity contribution < 1.29 is 9.53 Å². The number of nitrogens with one attached hydrogen (secondary N) is 1. The summed E-state index contributed by atoms with van der Waals surface area (Å²) >= 11 is 6.15. The molecule has 6 nitrogen and oxygen atoms in total. The van der Waals surface area contributed by atoms with Crippen LogP contribution in [0.25, 0.3) is 0 Å². The number of halogens is 1. The molecule has 7 heteroatoms. The van der Waals surface area contributed by atoms with E-state index in [1.807, 2.05) is 24.3 Å². The highest BCUT2D eigenvalue weighted by Gasteiger charge is 2.12. The molecule has 1 amide bonds. The number of hydrogen-bond donors (Lipinski definition) is 1. The molecule has 1 saturated heterocycles. The van der Waals surface area contributed by atoms with Gasteiger partial charge in [0.2, 0.25) is 0 Å². The number of morpholine rings is 1. The van der Waals surface area contributed by atoms with Crippen molar-refractivity contribution in [3.8, 4) is 0 Å². The fourth-order valence-corrected chi connectivity index (χ4v) is 2.82. The SMILES string of the molecule is O=C(NCCN1CCOCC1)c1cnn(Cc2ccccc2Cl)c1. The second kappa shape index (κ2) is 8.28. The highest BCUT2D eigenvalue weighted by molar-refractivity contribution is 6.31. The van der Waals surface area contributed by atoms with E-state index >= 15 is 0 Å². The molecule has 128 valence electrons. The topological polar surface area (TPSA) is 59.4 Å². The van der Waals surface area contributed by atoms with E-state index in [0.29, 0.717) is 23.7 Å². The molecule has 2 heterocycles. The fourth-order valence-electron chi connectivity index (χ4n) is 2.62. The molecule has 0 aliphatic carbocycles. The Labute approximate surface area is 146 Å². The first kappa shape index (κ1) is 17.0. The summed E-state index contributed by atoms with van der Waals surface area (Å²) < 4.78 is 7.03. The summed E-state index contributed by atoms with van der Waals surface area (Å²) in [5.74, 6) is -0.103. The van der Waals surface area contributed by atoms with Gasteiger partial charge >= 0.3 is 0 Å². The normalized spacial score (nSPS) is 15.4. The zero-order valence-corrected chi connectivity index (χ0v) is 14.2. The average Bonchev–Trinajstić information content (AvgIpc) is 3.07. The van der Waals surface area contributed by atoms with Crippen LogP contribution >= 0.6 is 11.6 Å². The van der Waals surface area contributed by atoms with Crippen molar-refractivity contribution in [2.45, 2.75) is 6.54 Å². The summed E-state index contributed by atoms with van der Waals surface area (Å²) in [4.78, 5) is 14.5. The highest BCUT2D eigenvalue weighted by Crippen LogP contribution is 2.16. The van der Waals surface area contributed by atoms with Crippen molar-refractivity contribution in [2.75, 3.05) is 39.4 Å². The number of rotatable bonds is 6. The molecule has 0 bridgehead atoms. The highest BCUT2D eigenvalue weighted by atomic mass is 35.5. The number of aromatic nitrogens is 2. The third kappa shape index (κ3) is 4.56. The minimum absolute atomic E-state index is 0.103. The number of carbonyl (C=O) groups is 1. The lowest BCUT2D eigenvalue weighted by Gasteiger charge is -2.26. The molecule has 24 heavy (non-hydrogen) atoms. The van der Waals surface area contributed by atoms with Crippen molar-refractivity contribution in [2.24, 2.45) is 0 Å². The predicted octanol–water partition coefficient (Wildman–Crippen LogP) is 1.65. The minimum atomic E-state index is -0.103. The van der Waals surface area contributed by atoms with Gasteiger partial charge in [-0.2, -0.15) is 5.10 Å². The standard InChI is InChI=1S/C17H21ClN4O2/c18-16-4-2-1-3-14(16)12-22-13-15(11-20-22)17(23)19-5-6-21-7-9-24-10-8-21/h1-4,11,13H,5-10,12H2,(H,19,23). The van der Waals surface area contributed by atoms with Crippen molar-refractivity contribution in [3.63, 3.8) is 0 Å². The van der Waals surface area contributed by atoms with Gasteiger partial charge in [-0.15, -0.1) is 0 Å². The molecule has 0 atom stereocenters. The summed E-state index contributed by atoms with van der Waals surface area (Å²) in [5, 5.41) is 7.87. The van der Waals surface area contributed by atoms with Crippen LogP contribution in [-0.2, 0) is 11.3 Å². The van der Waals surface area contributed by atoms with Gasteiger partial charge in [0.15, 0.2) is 0 Å². The maximum Gasteiger partial charge on any atom is 0.254 e. The van der Waals surface area contributed by atoms with Crippen LogP contribution in [0.3, 0.4) is 0 Å². The lowest BCUT2D eigenvalue weighted by Crippen LogP contribution is -2.41. The van der Waals surface area contributed by atoms with E-state index in [-0.39, 0.29) is 5.91 Å². The molecule has 1 aliphatic heterocycles. The van der Waals surface area contributed by atoms with E-state index in [1.165, 1.54) is 0 Å². The lowest BCUT2D eigenvalue weighted by molar-refractivity contribution is 0.0383. The number of carbonyl (C=O) groups excluding carboxylic acids is 1. The Hall–Kier alpha value is -1.89. The maximum absolute atomic E-state index is 12.2. The molecule has 1 aromatic heterocycles. The summed E-state index contributed by atoms with van der Waals surface area (Å²) in [5.41, 5.74) is 1.53. The Morgan fingerprint density at radius 2 is 2.08 bits per heavy atom. The molecule has 1 aliphatic rings. The molecule has 0 saturated carbocycles. The van der Waals surface area contributed by atoms with Crippen LogP contribution in [0.5, 0.6) is 0 Å². The van der Waals surface area contributed by atoms with Crippen molar-refractivity contribution >= 4 is 17.5 Å². The van der Waals surface area contributed by atoms with E-state index in [4.69, 9.17) is 16.3 Å². The molecular formula is C17H21ClN4O2. The summed E-state index contributed by atoms with van der Waals surface area (Å²) in [7, 11) is 0. The van der Waals surface area contributed by atoms with Crippen LogP contribution in [0.15, 0.2) is 36.7 Å². The Bertz CT molecular complexity index is 683. The van der Waals surface area contributed by atoms with Crippen LogP contribution in [0.2, 0.25) is 5.02 Å². The molecular weight excluding hydrogens is 328 g/mol. The van der Waals surface area contributed by atoms with Gasteiger partial charge in [-0.05, 0) is 11.6 Å². The largest absolute Gasteiger partial charge is 0.379 e. The average molecular weight is 349 g/mol. The molecule has 1 aromatic carbocycles. The van der Waals surface area contributed by atoms with Crippen LogP contribution < -0.4 is 5.32 Å². The van der Waals surface area contributed by atoms with Gasteiger partial charge in [0.1, 0.15) is 0 Å². The van der Waals surface area contributed by atoms with E-state index in [9.17, 15) is 4.79 Å². The molecule has 2 aromatic rings. The van der Waals surface area contributed by atoms with Crippen LogP contribution in [0.1, 0.15) is 15.9 Å². The summed E-state index contributed by atoms with van der Waals surface area (Å²) in [6.07, 6.45) is 3.33. The molecule has 0 spiro atoms. The number of hydrogen-bond acceptors (Lipinski definition) is 4. The number of amides is 1. The molecule has 0 unspecified atom stereocenters. The Morgan fingerprint density at radius 3 is 2.88 bits per heavy atom. The van der Waals surface area contributed by atoms with Crippen LogP contribution in [-0.4, -0.2) is 60.0 Å². The molecule has 1 fully saturated rings. The zero-order valence-electron chi connectivity index (χ0n) is 13.4. The fraction of sp³-hybridized carbons (Fsp3) is 0.412. The number of nitrogens with zero attached hydrogens (tertiary/aromatic N) is 3. The number of ether oxygens (including phenoxy) is 1. The van der Waals surface area contributed by atoms with Crippen molar-refractivity contribution in [1.82, 2.24) is 20.0 Å². The Kier molecular flexibility index (Phi) is 5.85. The monoisotopic (exact) mass is 348 g/mol. The van der Waals surface area contributed by atoms with E-state index in [1.54, 1.807) is 17.1 Å². The third-order valence-corrected chi connectivity index (χ3v) is 4.37. The van der Waals surface area contributed by atoms with Gasteiger partial charge in [0, 0.05) is 37.4 Å². The van der Waals surface area contributed by atoms with Gasteiger partial charge in [-0.25, -0.2) is 0 Å². The Balaban J connectivity index is 1.49. The first-order valence-corrected chi connectivity index (χ1v) is 8.44. The minimum Gasteiger partial charge on any atom is -0.379 e. The van der Waals surface area contributed by atoms with Gasteiger partial charge < -0.3 is 10.1 Å². The van der Waals surface area contributed by atoms with Gasteiger partial charge in [0.25, 0.3) is 5.91 Å². The predicted molar refractivity (Wildman–Crippen MR) is 92.4 cm³/mol. The van der Waals surface area contributed by atoms with Gasteiger partial charge in [-0.3, -0.25) is 14.4 Å². The number of benzene rings is 1. The van der Waals surface area contributed by atoms with E-state index in [2.05, 4.69) is 15.3 Å². The van der Waals surface area contributed by atoms with Crippen molar-refractivity contribution in [1.29, 1.82) is 0 Å². The first-order chi connectivity index (χ1) is 11.7. The van der Waals surface area contributed by atoms with Crippen LogP contribution in [0, 0.1) is 0 Å². The van der Waals surface area contributed by atoms with Gasteiger partial charge in [0.05, 0.1) is 31.5 Å².